The van der Waals surface area contributed by atoms with Gasteiger partial charge in [0, 0.05) is 16.5 Å². The fourth-order valence-corrected chi connectivity index (χ4v) is 2.66. The molecule has 0 fully saturated rings. The molecule has 0 bridgehead atoms. The fourth-order valence-electron chi connectivity index (χ4n) is 1.96. The summed E-state index contributed by atoms with van der Waals surface area (Å²) < 4.78 is 0. The first-order valence-corrected chi connectivity index (χ1v) is 8.66. The van der Waals surface area contributed by atoms with Crippen LogP contribution in [0.15, 0.2) is 23.6 Å². The molecule has 1 aromatic carbocycles. The number of carbonyl (C=O) groups is 2. The molecule has 1 aromatic heterocycles. The quantitative estimate of drug-likeness (QED) is 0.882. The Kier molecular flexibility index (Phi) is 5.39. The van der Waals surface area contributed by atoms with Crippen LogP contribution in [-0.2, 0) is 16.0 Å². The Labute approximate surface area is 146 Å². The Hall–Kier alpha value is -2.21. The van der Waals surface area contributed by atoms with E-state index in [9.17, 15) is 9.59 Å². The molecule has 0 saturated carbocycles. The van der Waals surface area contributed by atoms with E-state index >= 15 is 0 Å². The normalized spacial score (nSPS) is 11.2. The maximum atomic E-state index is 12.2. The highest BCUT2D eigenvalue weighted by Gasteiger charge is 2.22. The van der Waals surface area contributed by atoms with Crippen LogP contribution < -0.4 is 10.6 Å². The van der Waals surface area contributed by atoms with Crippen molar-refractivity contribution in [1.29, 1.82) is 0 Å². The number of benzene rings is 1. The molecular formula is C18H23N3O2S. The molecule has 0 aliphatic rings. The van der Waals surface area contributed by atoms with Crippen molar-refractivity contribution in [2.75, 3.05) is 10.6 Å². The summed E-state index contributed by atoms with van der Waals surface area (Å²) in [5.74, 6) is -0.217. The topological polar surface area (TPSA) is 71.1 Å². The number of thiazole rings is 1. The van der Waals surface area contributed by atoms with Crippen LogP contribution in [-0.4, -0.2) is 16.8 Å². The third-order valence-electron chi connectivity index (χ3n) is 3.46. The molecule has 2 N–H and O–H groups in total. The van der Waals surface area contributed by atoms with E-state index in [1.54, 1.807) is 5.38 Å². The number of amides is 2. The second kappa shape index (κ2) is 7.13. The van der Waals surface area contributed by atoms with Crippen LogP contribution >= 0.6 is 11.3 Å². The number of aromatic nitrogens is 1. The van der Waals surface area contributed by atoms with E-state index in [2.05, 4.69) is 15.6 Å². The Morgan fingerprint density at radius 3 is 2.54 bits per heavy atom. The Morgan fingerprint density at radius 2 is 1.88 bits per heavy atom. The third kappa shape index (κ3) is 4.89. The lowest BCUT2D eigenvalue weighted by molar-refractivity contribution is -0.123. The highest BCUT2D eigenvalue weighted by atomic mass is 32.1. The van der Waals surface area contributed by atoms with E-state index in [-0.39, 0.29) is 18.2 Å². The molecule has 0 aliphatic carbocycles. The first kappa shape index (κ1) is 18.1. The van der Waals surface area contributed by atoms with E-state index in [1.165, 1.54) is 11.3 Å². The lowest BCUT2D eigenvalue weighted by Crippen LogP contribution is -2.27. The molecular weight excluding hydrogens is 322 g/mol. The minimum absolute atomic E-state index is 0.0942. The van der Waals surface area contributed by atoms with Gasteiger partial charge in [0.15, 0.2) is 5.13 Å². The van der Waals surface area contributed by atoms with Gasteiger partial charge in [-0.25, -0.2) is 4.98 Å². The second-order valence-electron chi connectivity index (χ2n) is 6.89. The highest BCUT2D eigenvalue weighted by molar-refractivity contribution is 7.13. The van der Waals surface area contributed by atoms with Crippen LogP contribution in [0.1, 0.15) is 37.6 Å². The number of aryl methyl sites for hydroxylation is 2. The molecule has 0 unspecified atom stereocenters. The minimum atomic E-state index is -0.480. The summed E-state index contributed by atoms with van der Waals surface area (Å²) >= 11 is 1.32. The van der Waals surface area contributed by atoms with Crippen LogP contribution in [0.2, 0.25) is 0 Å². The molecule has 2 aromatic rings. The van der Waals surface area contributed by atoms with E-state index in [1.807, 2.05) is 52.8 Å². The van der Waals surface area contributed by atoms with Gasteiger partial charge in [-0.2, -0.15) is 0 Å². The number of rotatable bonds is 4. The van der Waals surface area contributed by atoms with E-state index in [4.69, 9.17) is 0 Å². The second-order valence-corrected chi connectivity index (χ2v) is 7.75. The highest BCUT2D eigenvalue weighted by Crippen LogP contribution is 2.21. The van der Waals surface area contributed by atoms with Crippen LogP contribution in [0.3, 0.4) is 0 Å². The average molecular weight is 345 g/mol. The summed E-state index contributed by atoms with van der Waals surface area (Å²) in [6.07, 6.45) is 0.176. The SMILES string of the molecule is Cc1ccc(C)c(NC(=O)Cc2csc(NC(=O)C(C)(C)C)n2)c1. The molecule has 2 rings (SSSR count). The number of nitrogens with zero attached hydrogens (tertiary/aromatic N) is 1. The molecule has 1 heterocycles. The van der Waals surface area contributed by atoms with Gasteiger partial charge in [-0.15, -0.1) is 11.3 Å². The summed E-state index contributed by atoms with van der Waals surface area (Å²) in [6, 6.07) is 5.94. The number of hydrogen-bond acceptors (Lipinski definition) is 4. The van der Waals surface area contributed by atoms with E-state index < -0.39 is 5.41 Å². The molecule has 0 atom stereocenters. The van der Waals surface area contributed by atoms with Gasteiger partial charge in [-0.3, -0.25) is 9.59 Å². The van der Waals surface area contributed by atoms with Gasteiger partial charge in [-0.1, -0.05) is 32.9 Å². The van der Waals surface area contributed by atoms with Gasteiger partial charge in [0.1, 0.15) is 0 Å². The number of carbonyl (C=O) groups excluding carboxylic acids is 2. The molecule has 5 nitrogen and oxygen atoms in total. The van der Waals surface area contributed by atoms with E-state index in [0.717, 1.165) is 16.8 Å². The van der Waals surface area contributed by atoms with Crippen molar-refractivity contribution in [2.24, 2.45) is 5.41 Å². The van der Waals surface area contributed by atoms with Crippen molar-refractivity contribution in [1.82, 2.24) is 4.98 Å². The van der Waals surface area contributed by atoms with Gasteiger partial charge < -0.3 is 10.6 Å². The predicted molar refractivity (Wildman–Crippen MR) is 98.4 cm³/mol. The summed E-state index contributed by atoms with van der Waals surface area (Å²) in [7, 11) is 0. The maximum absolute atomic E-state index is 12.2. The molecule has 6 heteroatoms. The number of anilines is 2. The van der Waals surface area contributed by atoms with Crippen LogP contribution in [0.5, 0.6) is 0 Å². The largest absolute Gasteiger partial charge is 0.325 e. The summed E-state index contributed by atoms with van der Waals surface area (Å²) in [5.41, 5.74) is 3.09. The van der Waals surface area contributed by atoms with Crippen molar-refractivity contribution in [3.8, 4) is 0 Å². The zero-order valence-corrected chi connectivity index (χ0v) is 15.5. The molecule has 0 spiro atoms. The van der Waals surface area contributed by atoms with Gasteiger partial charge in [-0.05, 0) is 31.0 Å². The zero-order chi connectivity index (χ0) is 17.9. The Morgan fingerprint density at radius 1 is 1.17 bits per heavy atom. The van der Waals surface area contributed by atoms with Crippen LogP contribution in [0.25, 0.3) is 0 Å². The first-order valence-electron chi connectivity index (χ1n) is 7.78. The molecule has 0 aliphatic heterocycles. The van der Waals surface area contributed by atoms with E-state index in [0.29, 0.717) is 10.8 Å². The number of hydrogen-bond donors (Lipinski definition) is 2. The maximum Gasteiger partial charge on any atom is 0.231 e. The molecule has 24 heavy (non-hydrogen) atoms. The third-order valence-corrected chi connectivity index (χ3v) is 4.27. The number of nitrogens with one attached hydrogen (secondary N) is 2. The Bertz CT molecular complexity index is 760. The smallest absolute Gasteiger partial charge is 0.231 e. The lowest BCUT2D eigenvalue weighted by Gasteiger charge is -2.15. The lowest BCUT2D eigenvalue weighted by atomic mass is 9.96. The van der Waals surface area contributed by atoms with Crippen molar-refractivity contribution in [2.45, 2.75) is 41.0 Å². The van der Waals surface area contributed by atoms with Crippen LogP contribution in [0, 0.1) is 19.3 Å². The van der Waals surface area contributed by atoms with Crippen molar-refractivity contribution in [3.63, 3.8) is 0 Å². The molecule has 128 valence electrons. The van der Waals surface area contributed by atoms with Crippen molar-refractivity contribution in [3.05, 3.63) is 40.4 Å². The summed E-state index contributed by atoms with van der Waals surface area (Å²) in [6.45, 7) is 9.47. The van der Waals surface area contributed by atoms with Gasteiger partial charge in [0.2, 0.25) is 11.8 Å². The molecule has 2 amide bonds. The summed E-state index contributed by atoms with van der Waals surface area (Å²) in [5, 5.41) is 8.00. The fraction of sp³-hybridized carbons (Fsp3) is 0.389. The van der Waals surface area contributed by atoms with Crippen molar-refractivity contribution < 1.29 is 9.59 Å². The van der Waals surface area contributed by atoms with Gasteiger partial charge in [0.25, 0.3) is 0 Å². The minimum Gasteiger partial charge on any atom is -0.325 e. The summed E-state index contributed by atoms with van der Waals surface area (Å²) in [4.78, 5) is 28.5. The molecule has 0 radical (unpaired) electrons. The zero-order valence-electron chi connectivity index (χ0n) is 14.7. The monoisotopic (exact) mass is 345 g/mol. The van der Waals surface area contributed by atoms with Crippen molar-refractivity contribution >= 4 is 34.0 Å². The predicted octanol–water partition coefficient (Wildman–Crippen LogP) is 3.93. The average Bonchev–Trinajstić information content (AvgIpc) is 2.89. The molecule has 0 saturated heterocycles. The standard InChI is InChI=1S/C18H23N3O2S/c1-11-6-7-12(2)14(8-11)20-15(22)9-13-10-24-17(19-13)21-16(23)18(3,4)5/h6-8,10H,9H2,1-5H3,(H,20,22)(H,19,21,23). The Balaban J connectivity index is 1.98. The van der Waals surface area contributed by atoms with Gasteiger partial charge >= 0.3 is 0 Å². The van der Waals surface area contributed by atoms with Crippen LogP contribution in [0.4, 0.5) is 10.8 Å². The first-order chi connectivity index (χ1) is 11.1. The van der Waals surface area contributed by atoms with Gasteiger partial charge in [0.05, 0.1) is 12.1 Å².